The lowest BCUT2D eigenvalue weighted by Gasteiger charge is -2.26. The average molecular weight is 420 g/mol. The number of ether oxygens (including phenoxy) is 1. The van der Waals surface area contributed by atoms with E-state index in [0.717, 1.165) is 30.3 Å². The SMILES string of the molecule is COC(=O)c1c(F)ccc(S(=O)(=O)N2CSC[C@@H]2C(=O)N2CCCC2)c1F. The monoisotopic (exact) mass is 420 g/mol. The Labute approximate surface area is 159 Å². The lowest BCUT2D eigenvalue weighted by atomic mass is 10.2. The van der Waals surface area contributed by atoms with Crippen LogP contribution in [0.15, 0.2) is 17.0 Å². The summed E-state index contributed by atoms with van der Waals surface area (Å²) in [6.07, 6.45) is 1.71. The van der Waals surface area contributed by atoms with Crippen molar-refractivity contribution in [1.82, 2.24) is 9.21 Å². The van der Waals surface area contributed by atoms with Gasteiger partial charge in [-0.15, -0.1) is 11.8 Å². The molecule has 0 N–H and O–H groups in total. The maximum absolute atomic E-state index is 14.7. The minimum atomic E-state index is -4.46. The Morgan fingerprint density at radius 3 is 2.52 bits per heavy atom. The van der Waals surface area contributed by atoms with E-state index in [1.54, 1.807) is 4.90 Å². The Morgan fingerprint density at radius 1 is 1.22 bits per heavy atom. The Morgan fingerprint density at radius 2 is 1.89 bits per heavy atom. The third-order valence-corrected chi connectivity index (χ3v) is 7.62. The van der Waals surface area contributed by atoms with Crippen molar-refractivity contribution in [3.8, 4) is 0 Å². The molecule has 7 nitrogen and oxygen atoms in total. The molecule has 148 valence electrons. The molecule has 1 amide bonds. The molecule has 2 fully saturated rings. The molecular formula is C16H18F2N2O5S2. The van der Waals surface area contributed by atoms with Crippen LogP contribution in [0, 0.1) is 11.6 Å². The number of methoxy groups -OCH3 is 1. The first-order valence-corrected chi connectivity index (χ1v) is 10.8. The van der Waals surface area contributed by atoms with E-state index >= 15 is 0 Å². The number of hydrogen-bond donors (Lipinski definition) is 0. The van der Waals surface area contributed by atoms with Gasteiger partial charge in [0.25, 0.3) is 0 Å². The van der Waals surface area contributed by atoms with Gasteiger partial charge < -0.3 is 9.64 Å². The van der Waals surface area contributed by atoms with Crippen LogP contribution in [0.3, 0.4) is 0 Å². The molecule has 11 heteroatoms. The second-order valence-electron chi connectivity index (χ2n) is 6.17. The van der Waals surface area contributed by atoms with E-state index in [0.29, 0.717) is 19.2 Å². The first kappa shape index (κ1) is 20.0. The fourth-order valence-corrected chi connectivity index (χ4v) is 6.36. The second kappa shape index (κ2) is 7.72. The van der Waals surface area contributed by atoms with E-state index in [9.17, 15) is 26.8 Å². The topological polar surface area (TPSA) is 84.0 Å². The quantitative estimate of drug-likeness (QED) is 0.686. The number of amides is 1. The van der Waals surface area contributed by atoms with Crippen LogP contribution < -0.4 is 0 Å². The maximum atomic E-state index is 14.7. The molecule has 1 aromatic carbocycles. The number of carbonyl (C=O) groups is 2. The molecule has 0 aromatic heterocycles. The highest BCUT2D eigenvalue weighted by atomic mass is 32.2. The highest BCUT2D eigenvalue weighted by molar-refractivity contribution is 8.00. The van der Waals surface area contributed by atoms with Crippen LogP contribution in [-0.4, -0.2) is 67.4 Å². The second-order valence-corrected chi connectivity index (χ2v) is 9.03. The first-order valence-electron chi connectivity index (χ1n) is 8.23. The molecule has 2 heterocycles. The maximum Gasteiger partial charge on any atom is 0.343 e. The highest BCUT2D eigenvalue weighted by Crippen LogP contribution is 2.32. The van der Waals surface area contributed by atoms with Crippen LogP contribution in [-0.2, 0) is 19.6 Å². The summed E-state index contributed by atoms with van der Waals surface area (Å²) in [4.78, 5) is 25.0. The summed E-state index contributed by atoms with van der Waals surface area (Å²) in [5, 5.41) is 0. The molecule has 2 aliphatic rings. The van der Waals surface area contributed by atoms with Crippen LogP contribution in [0.25, 0.3) is 0 Å². The fourth-order valence-electron chi connectivity index (χ4n) is 3.16. The van der Waals surface area contributed by atoms with Crippen molar-refractivity contribution < 1.29 is 31.5 Å². The number of hydrogen-bond acceptors (Lipinski definition) is 6. The van der Waals surface area contributed by atoms with Gasteiger partial charge in [0, 0.05) is 18.8 Å². The van der Waals surface area contributed by atoms with Crippen LogP contribution >= 0.6 is 11.8 Å². The molecular weight excluding hydrogens is 402 g/mol. The number of carbonyl (C=O) groups excluding carboxylic acids is 2. The Balaban J connectivity index is 1.98. The van der Waals surface area contributed by atoms with Crippen molar-refractivity contribution in [2.45, 2.75) is 23.8 Å². The molecule has 27 heavy (non-hydrogen) atoms. The van der Waals surface area contributed by atoms with Gasteiger partial charge in [-0.1, -0.05) is 0 Å². The van der Waals surface area contributed by atoms with Crippen molar-refractivity contribution in [2.75, 3.05) is 31.8 Å². The zero-order valence-corrected chi connectivity index (χ0v) is 16.1. The number of likely N-dealkylation sites (tertiary alicyclic amines) is 1. The van der Waals surface area contributed by atoms with Gasteiger partial charge in [-0.2, -0.15) is 4.31 Å². The normalized spacial score (nSPS) is 20.9. The molecule has 2 saturated heterocycles. The van der Waals surface area contributed by atoms with Gasteiger partial charge in [-0.3, -0.25) is 4.79 Å². The predicted molar refractivity (Wildman–Crippen MR) is 93.6 cm³/mol. The summed E-state index contributed by atoms with van der Waals surface area (Å²) in [6.45, 7) is 1.12. The summed E-state index contributed by atoms with van der Waals surface area (Å²) in [5.41, 5.74) is -1.08. The Hall–Kier alpha value is -1.72. The third-order valence-electron chi connectivity index (χ3n) is 4.58. The van der Waals surface area contributed by atoms with Crippen LogP contribution in [0.2, 0.25) is 0 Å². The van der Waals surface area contributed by atoms with Crippen molar-refractivity contribution in [1.29, 1.82) is 0 Å². The van der Waals surface area contributed by atoms with Crippen molar-refractivity contribution in [3.63, 3.8) is 0 Å². The van der Waals surface area contributed by atoms with Gasteiger partial charge in [0.2, 0.25) is 15.9 Å². The highest BCUT2D eigenvalue weighted by Gasteiger charge is 2.43. The molecule has 0 unspecified atom stereocenters. The number of thioether (sulfide) groups is 1. The zero-order chi connectivity index (χ0) is 19.8. The van der Waals surface area contributed by atoms with E-state index in [2.05, 4.69) is 4.74 Å². The largest absolute Gasteiger partial charge is 0.465 e. The standard InChI is InChI=1S/C16H18F2N2O5S2/c1-25-16(22)13-10(17)4-5-12(14(13)18)27(23,24)20-9-26-8-11(20)15(21)19-6-2-3-7-19/h4-5,11H,2-3,6-9H2,1H3/t11-/m1/s1. The van der Waals surface area contributed by atoms with Gasteiger partial charge in [0.1, 0.15) is 22.3 Å². The lowest BCUT2D eigenvalue weighted by Crippen LogP contribution is -2.48. The van der Waals surface area contributed by atoms with E-state index in [-0.39, 0.29) is 17.5 Å². The van der Waals surface area contributed by atoms with E-state index in [1.165, 1.54) is 11.8 Å². The molecule has 0 saturated carbocycles. The first-order chi connectivity index (χ1) is 12.8. The molecule has 0 aliphatic carbocycles. The molecule has 1 aromatic rings. The van der Waals surface area contributed by atoms with Crippen molar-refractivity contribution in [3.05, 3.63) is 29.3 Å². The number of esters is 1. The van der Waals surface area contributed by atoms with E-state index in [4.69, 9.17) is 0 Å². The van der Waals surface area contributed by atoms with Crippen LogP contribution in [0.1, 0.15) is 23.2 Å². The van der Waals surface area contributed by atoms with E-state index in [1.807, 2.05) is 0 Å². The lowest BCUT2D eigenvalue weighted by molar-refractivity contribution is -0.133. The summed E-state index contributed by atoms with van der Waals surface area (Å²) in [7, 11) is -3.52. The Kier molecular flexibility index (Phi) is 5.73. The minimum absolute atomic E-state index is 0.0308. The van der Waals surface area contributed by atoms with Gasteiger partial charge in [-0.25, -0.2) is 22.0 Å². The van der Waals surface area contributed by atoms with Gasteiger partial charge in [-0.05, 0) is 25.0 Å². The van der Waals surface area contributed by atoms with Gasteiger partial charge in [0.05, 0.1) is 13.0 Å². The molecule has 0 spiro atoms. The number of nitrogens with zero attached hydrogens (tertiary/aromatic N) is 2. The number of rotatable bonds is 4. The predicted octanol–water partition coefficient (Wildman–Crippen LogP) is 1.44. The number of sulfonamides is 1. The molecule has 1 atom stereocenters. The summed E-state index contributed by atoms with van der Waals surface area (Å²) < 4.78 is 59.7. The molecule has 2 aliphatic heterocycles. The fraction of sp³-hybridized carbons (Fsp3) is 0.500. The Bertz CT molecular complexity index is 872. The van der Waals surface area contributed by atoms with Crippen molar-refractivity contribution >= 4 is 33.7 Å². The van der Waals surface area contributed by atoms with Gasteiger partial charge in [0.15, 0.2) is 5.82 Å². The zero-order valence-electron chi connectivity index (χ0n) is 14.5. The van der Waals surface area contributed by atoms with Crippen molar-refractivity contribution in [2.24, 2.45) is 0 Å². The molecule has 3 rings (SSSR count). The smallest absolute Gasteiger partial charge is 0.343 e. The minimum Gasteiger partial charge on any atom is -0.465 e. The van der Waals surface area contributed by atoms with E-state index < -0.39 is 44.1 Å². The molecule has 0 bridgehead atoms. The average Bonchev–Trinajstić information content (AvgIpc) is 3.32. The summed E-state index contributed by atoms with van der Waals surface area (Å²) in [5.74, 6) is -4.16. The summed E-state index contributed by atoms with van der Waals surface area (Å²) in [6, 6.07) is 0.499. The summed E-state index contributed by atoms with van der Waals surface area (Å²) >= 11 is 1.23. The number of halogens is 2. The van der Waals surface area contributed by atoms with Crippen LogP contribution in [0.5, 0.6) is 0 Å². The number of benzene rings is 1. The molecule has 0 radical (unpaired) electrons. The third kappa shape index (κ3) is 3.55. The van der Waals surface area contributed by atoms with Gasteiger partial charge >= 0.3 is 5.97 Å². The van der Waals surface area contributed by atoms with Crippen LogP contribution in [0.4, 0.5) is 8.78 Å².